The van der Waals surface area contributed by atoms with Crippen LogP contribution in [0.1, 0.15) is 42.5 Å². The average Bonchev–Trinajstić information content (AvgIpc) is 3.16. The summed E-state index contributed by atoms with van der Waals surface area (Å²) in [5, 5.41) is 15.2. The zero-order valence-corrected chi connectivity index (χ0v) is 13.4. The molecule has 0 radical (unpaired) electrons. The molecule has 0 bridgehead atoms. The van der Waals surface area contributed by atoms with E-state index in [0.717, 1.165) is 5.01 Å². The molecule has 6 nitrogen and oxygen atoms in total. The molecule has 2 rings (SSSR count). The second-order valence-corrected chi connectivity index (χ2v) is 5.68. The highest BCUT2D eigenvalue weighted by atomic mass is 32.1. The molecule has 0 aliphatic heterocycles. The highest BCUT2D eigenvalue weighted by molar-refractivity contribution is 7.09. The Morgan fingerprint density at radius 2 is 2.41 bits per heavy atom. The van der Waals surface area contributed by atoms with Crippen molar-refractivity contribution in [3.63, 3.8) is 0 Å². The van der Waals surface area contributed by atoms with E-state index in [2.05, 4.69) is 10.3 Å². The molecule has 0 aliphatic carbocycles. The number of hydrogen-bond donors (Lipinski definition) is 2. The van der Waals surface area contributed by atoms with E-state index in [-0.39, 0.29) is 25.0 Å². The van der Waals surface area contributed by atoms with E-state index < -0.39 is 6.10 Å². The second kappa shape index (κ2) is 8.07. The van der Waals surface area contributed by atoms with Gasteiger partial charge in [0.25, 0.3) is 0 Å². The van der Waals surface area contributed by atoms with E-state index in [1.165, 1.54) is 17.6 Å². The molecular weight excluding hydrogens is 304 g/mol. The highest BCUT2D eigenvalue weighted by Crippen LogP contribution is 2.21. The van der Waals surface area contributed by atoms with Gasteiger partial charge in [-0.05, 0) is 26.0 Å². The number of amides is 1. The number of aliphatic hydroxyl groups is 1. The molecular formula is C15H20N2O4S. The molecule has 0 spiro atoms. The van der Waals surface area contributed by atoms with Gasteiger partial charge in [-0.3, -0.25) is 4.79 Å². The molecule has 22 heavy (non-hydrogen) atoms. The maximum absolute atomic E-state index is 11.9. The predicted octanol–water partition coefficient (Wildman–Crippen LogP) is 2.23. The molecule has 2 aromatic heterocycles. The van der Waals surface area contributed by atoms with Crippen LogP contribution in [0.25, 0.3) is 0 Å². The number of carbonyl (C=O) groups excluding carboxylic acids is 1. The van der Waals surface area contributed by atoms with Gasteiger partial charge >= 0.3 is 0 Å². The summed E-state index contributed by atoms with van der Waals surface area (Å²) >= 11 is 1.48. The molecule has 0 saturated heterocycles. The van der Waals surface area contributed by atoms with Gasteiger partial charge in [0.15, 0.2) is 0 Å². The molecule has 2 unspecified atom stereocenters. The van der Waals surface area contributed by atoms with Crippen LogP contribution in [0.3, 0.4) is 0 Å². The van der Waals surface area contributed by atoms with Crippen molar-refractivity contribution in [3.05, 3.63) is 40.2 Å². The number of carbonyl (C=O) groups is 1. The maximum Gasteiger partial charge on any atom is 0.226 e. The number of aliphatic hydroxyl groups excluding tert-OH is 1. The Labute approximate surface area is 133 Å². The number of furan rings is 1. The van der Waals surface area contributed by atoms with Crippen LogP contribution in [-0.2, 0) is 16.0 Å². The van der Waals surface area contributed by atoms with Gasteiger partial charge in [0.05, 0.1) is 24.9 Å². The molecule has 0 saturated carbocycles. The van der Waals surface area contributed by atoms with Crippen LogP contribution >= 0.6 is 11.3 Å². The van der Waals surface area contributed by atoms with Crippen molar-refractivity contribution in [3.8, 4) is 0 Å². The molecule has 7 heteroatoms. The normalized spacial score (nSPS) is 13.8. The maximum atomic E-state index is 11.9. The number of aromatic nitrogens is 1. The van der Waals surface area contributed by atoms with E-state index in [1.54, 1.807) is 12.1 Å². The van der Waals surface area contributed by atoms with Crippen LogP contribution < -0.4 is 5.32 Å². The number of nitrogens with one attached hydrogen (secondary N) is 1. The quantitative estimate of drug-likeness (QED) is 0.778. The van der Waals surface area contributed by atoms with Crippen LogP contribution in [0.15, 0.2) is 28.2 Å². The number of hydrogen-bond acceptors (Lipinski definition) is 6. The van der Waals surface area contributed by atoms with Crippen LogP contribution in [0, 0.1) is 0 Å². The third kappa shape index (κ3) is 4.66. The highest BCUT2D eigenvalue weighted by Gasteiger charge is 2.15. The van der Waals surface area contributed by atoms with Gasteiger partial charge in [0.2, 0.25) is 5.91 Å². The third-order valence-electron chi connectivity index (χ3n) is 3.04. The predicted molar refractivity (Wildman–Crippen MR) is 82.5 cm³/mol. The molecule has 0 aliphatic rings. The molecule has 1 amide bonds. The third-order valence-corrected chi connectivity index (χ3v) is 4.09. The van der Waals surface area contributed by atoms with Crippen molar-refractivity contribution >= 4 is 17.2 Å². The van der Waals surface area contributed by atoms with Crippen molar-refractivity contribution in [1.82, 2.24) is 10.3 Å². The first kappa shape index (κ1) is 16.7. The Morgan fingerprint density at radius 1 is 1.59 bits per heavy atom. The van der Waals surface area contributed by atoms with Crippen molar-refractivity contribution in [2.45, 2.75) is 32.5 Å². The van der Waals surface area contributed by atoms with Crippen molar-refractivity contribution in [1.29, 1.82) is 0 Å². The summed E-state index contributed by atoms with van der Waals surface area (Å²) in [6, 6.07) is 3.36. The Balaban J connectivity index is 1.79. The Bertz CT molecular complexity index is 582. The van der Waals surface area contributed by atoms with Gasteiger partial charge in [0.1, 0.15) is 23.0 Å². The van der Waals surface area contributed by atoms with E-state index in [1.807, 2.05) is 19.2 Å². The zero-order valence-electron chi connectivity index (χ0n) is 12.6. The second-order valence-electron chi connectivity index (χ2n) is 4.79. The lowest BCUT2D eigenvalue weighted by atomic mass is 10.2. The summed E-state index contributed by atoms with van der Waals surface area (Å²) in [6.45, 7) is 4.61. The smallest absolute Gasteiger partial charge is 0.226 e. The molecule has 0 fully saturated rings. The van der Waals surface area contributed by atoms with Crippen LogP contribution in [0.5, 0.6) is 0 Å². The molecule has 2 heterocycles. The van der Waals surface area contributed by atoms with E-state index >= 15 is 0 Å². The first-order valence-corrected chi connectivity index (χ1v) is 8.02. The summed E-state index contributed by atoms with van der Waals surface area (Å²) in [5.41, 5.74) is 0.705. The topological polar surface area (TPSA) is 84.6 Å². The first-order chi connectivity index (χ1) is 10.6. The Kier molecular flexibility index (Phi) is 6.11. The lowest BCUT2D eigenvalue weighted by Crippen LogP contribution is -2.29. The van der Waals surface area contributed by atoms with Crippen LogP contribution in [0.2, 0.25) is 0 Å². The van der Waals surface area contributed by atoms with E-state index in [4.69, 9.17) is 9.15 Å². The van der Waals surface area contributed by atoms with Gasteiger partial charge in [-0.15, -0.1) is 11.3 Å². The van der Waals surface area contributed by atoms with Gasteiger partial charge < -0.3 is 19.6 Å². The van der Waals surface area contributed by atoms with Gasteiger partial charge in [-0.2, -0.15) is 0 Å². The fraction of sp³-hybridized carbons (Fsp3) is 0.467. The van der Waals surface area contributed by atoms with E-state index in [0.29, 0.717) is 18.1 Å². The summed E-state index contributed by atoms with van der Waals surface area (Å²) < 4.78 is 10.5. The summed E-state index contributed by atoms with van der Waals surface area (Å²) in [4.78, 5) is 16.3. The van der Waals surface area contributed by atoms with Crippen molar-refractivity contribution in [2.75, 3.05) is 13.2 Å². The van der Waals surface area contributed by atoms with Gasteiger partial charge in [-0.25, -0.2) is 4.98 Å². The minimum atomic E-state index is -0.845. The van der Waals surface area contributed by atoms with Gasteiger partial charge in [0, 0.05) is 12.0 Å². The van der Waals surface area contributed by atoms with E-state index in [9.17, 15) is 9.90 Å². The lowest BCUT2D eigenvalue weighted by Gasteiger charge is -2.09. The number of rotatable bonds is 8. The van der Waals surface area contributed by atoms with Gasteiger partial charge in [-0.1, -0.05) is 0 Å². The molecule has 0 aromatic carbocycles. The molecule has 2 aromatic rings. The average molecular weight is 324 g/mol. The fourth-order valence-corrected chi connectivity index (χ4v) is 2.75. The molecule has 120 valence electrons. The monoisotopic (exact) mass is 324 g/mol. The van der Waals surface area contributed by atoms with Crippen LogP contribution in [0.4, 0.5) is 0 Å². The molecule has 2 N–H and O–H groups in total. The fourth-order valence-electron chi connectivity index (χ4n) is 1.93. The first-order valence-electron chi connectivity index (χ1n) is 7.14. The zero-order chi connectivity index (χ0) is 15.9. The van der Waals surface area contributed by atoms with Crippen LogP contribution in [-0.4, -0.2) is 29.1 Å². The summed E-state index contributed by atoms with van der Waals surface area (Å²) in [6.07, 6.45) is 0.757. The standard InChI is InChI=1S/C15H20N2O4S/c1-3-20-10(2)15-17-11(9-22-15)7-14(19)16-8-12(18)13-5-4-6-21-13/h4-6,9-10,12,18H,3,7-8H2,1-2H3,(H,16,19). The Morgan fingerprint density at radius 3 is 3.09 bits per heavy atom. The number of nitrogens with zero attached hydrogens (tertiary/aromatic N) is 1. The SMILES string of the molecule is CCOC(C)c1nc(CC(=O)NCC(O)c2ccco2)cs1. The minimum absolute atomic E-state index is 0.0624. The summed E-state index contributed by atoms with van der Waals surface area (Å²) in [5.74, 6) is 0.244. The largest absolute Gasteiger partial charge is 0.467 e. The number of ether oxygens (including phenoxy) is 1. The summed E-state index contributed by atoms with van der Waals surface area (Å²) in [7, 11) is 0. The van der Waals surface area contributed by atoms with Crippen molar-refractivity contribution in [2.24, 2.45) is 0 Å². The van der Waals surface area contributed by atoms with Crippen molar-refractivity contribution < 1.29 is 19.1 Å². The Hall–Kier alpha value is -1.70. The minimum Gasteiger partial charge on any atom is -0.467 e. The lowest BCUT2D eigenvalue weighted by molar-refractivity contribution is -0.121. The molecule has 2 atom stereocenters. The number of thiazole rings is 1.